The lowest BCUT2D eigenvalue weighted by Gasteiger charge is -2.20. The molecule has 1 aliphatic carbocycles. The highest BCUT2D eigenvalue weighted by molar-refractivity contribution is 6.51. The monoisotopic (exact) mass is 224 g/mol. The SMILES string of the molecule is CC(C)C1OCC2C(CO1)C2(Cl)Cl. The molecule has 0 aromatic heterocycles. The lowest BCUT2D eigenvalue weighted by atomic mass is 10.2. The van der Waals surface area contributed by atoms with Crippen LogP contribution in [-0.4, -0.2) is 23.8 Å². The minimum absolute atomic E-state index is 0.0862. The molecule has 1 saturated carbocycles. The van der Waals surface area contributed by atoms with Crippen molar-refractivity contribution in [2.45, 2.75) is 24.5 Å². The van der Waals surface area contributed by atoms with E-state index in [-0.39, 0.29) is 18.1 Å². The number of hydrogen-bond acceptors (Lipinski definition) is 2. The number of alkyl halides is 2. The van der Waals surface area contributed by atoms with Gasteiger partial charge in [0.2, 0.25) is 0 Å². The standard InChI is InChI=1S/C9H14Cl2O2/c1-5(2)8-12-3-6-7(4-13-8)9(6,10)11/h5-8H,3-4H2,1-2H3. The molecule has 2 rings (SSSR count). The van der Waals surface area contributed by atoms with Gasteiger partial charge in [-0.1, -0.05) is 13.8 Å². The molecule has 0 bridgehead atoms. The second-order valence-electron chi connectivity index (χ2n) is 4.17. The van der Waals surface area contributed by atoms with Crippen molar-refractivity contribution in [1.82, 2.24) is 0 Å². The van der Waals surface area contributed by atoms with E-state index < -0.39 is 4.33 Å². The van der Waals surface area contributed by atoms with Crippen molar-refractivity contribution in [3.05, 3.63) is 0 Å². The summed E-state index contributed by atoms with van der Waals surface area (Å²) >= 11 is 12.0. The fourth-order valence-electron chi connectivity index (χ4n) is 1.75. The van der Waals surface area contributed by atoms with E-state index in [0.29, 0.717) is 19.1 Å². The predicted molar refractivity (Wildman–Crippen MR) is 51.9 cm³/mol. The molecule has 2 nitrogen and oxygen atoms in total. The van der Waals surface area contributed by atoms with Gasteiger partial charge in [0, 0.05) is 17.8 Å². The van der Waals surface area contributed by atoms with Crippen molar-refractivity contribution < 1.29 is 9.47 Å². The largest absolute Gasteiger partial charge is 0.352 e. The van der Waals surface area contributed by atoms with Crippen molar-refractivity contribution in [1.29, 1.82) is 0 Å². The van der Waals surface area contributed by atoms with Crippen LogP contribution in [0.2, 0.25) is 0 Å². The first-order chi connectivity index (χ1) is 6.03. The number of ether oxygens (including phenoxy) is 2. The zero-order chi connectivity index (χ0) is 9.64. The van der Waals surface area contributed by atoms with Gasteiger partial charge >= 0.3 is 0 Å². The molecule has 0 aromatic carbocycles. The van der Waals surface area contributed by atoms with Gasteiger partial charge in [-0.25, -0.2) is 0 Å². The molecular weight excluding hydrogens is 211 g/mol. The maximum atomic E-state index is 6.02. The Hall–Kier alpha value is 0.500. The number of hydrogen-bond donors (Lipinski definition) is 0. The lowest BCUT2D eigenvalue weighted by Crippen LogP contribution is -2.25. The molecule has 0 spiro atoms. The predicted octanol–water partition coefficient (Wildman–Crippen LogP) is 2.44. The molecule has 1 saturated heterocycles. The molecule has 0 aromatic rings. The van der Waals surface area contributed by atoms with E-state index in [2.05, 4.69) is 13.8 Å². The molecule has 2 unspecified atom stereocenters. The molecule has 0 N–H and O–H groups in total. The summed E-state index contributed by atoms with van der Waals surface area (Å²) in [5, 5.41) is 0. The van der Waals surface area contributed by atoms with Crippen molar-refractivity contribution in [3.8, 4) is 0 Å². The van der Waals surface area contributed by atoms with Crippen LogP contribution in [0.25, 0.3) is 0 Å². The molecule has 13 heavy (non-hydrogen) atoms. The van der Waals surface area contributed by atoms with E-state index in [1.54, 1.807) is 0 Å². The Kier molecular flexibility index (Phi) is 2.52. The lowest BCUT2D eigenvalue weighted by molar-refractivity contribution is -0.158. The van der Waals surface area contributed by atoms with Crippen LogP contribution in [-0.2, 0) is 9.47 Å². The molecular formula is C9H14Cl2O2. The smallest absolute Gasteiger partial charge is 0.159 e. The van der Waals surface area contributed by atoms with E-state index in [4.69, 9.17) is 32.7 Å². The third kappa shape index (κ3) is 1.70. The number of fused-ring (bicyclic) bond motifs is 1. The topological polar surface area (TPSA) is 18.5 Å². The number of halogens is 2. The summed E-state index contributed by atoms with van der Waals surface area (Å²) in [5.74, 6) is 0.914. The second-order valence-corrected chi connectivity index (χ2v) is 5.61. The van der Waals surface area contributed by atoms with Crippen molar-refractivity contribution >= 4 is 23.2 Å². The van der Waals surface area contributed by atoms with Crippen LogP contribution in [0.1, 0.15) is 13.8 Å². The highest BCUT2D eigenvalue weighted by Crippen LogP contribution is 2.60. The van der Waals surface area contributed by atoms with Crippen LogP contribution in [0.5, 0.6) is 0 Å². The maximum absolute atomic E-state index is 6.02. The van der Waals surface area contributed by atoms with Gasteiger partial charge in [-0.15, -0.1) is 23.2 Å². The summed E-state index contributed by atoms with van der Waals surface area (Å²) < 4.78 is 10.5. The van der Waals surface area contributed by atoms with E-state index in [1.165, 1.54) is 0 Å². The first-order valence-electron chi connectivity index (χ1n) is 4.64. The molecule has 1 aliphatic heterocycles. The van der Waals surface area contributed by atoms with Crippen LogP contribution >= 0.6 is 23.2 Å². The molecule has 4 heteroatoms. The van der Waals surface area contributed by atoms with Gasteiger partial charge in [-0.2, -0.15) is 0 Å². The van der Waals surface area contributed by atoms with Gasteiger partial charge in [0.15, 0.2) is 6.29 Å². The van der Waals surface area contributed by atoms with E-state index in [1.807, 2.05) is 0 Å². The Morgan fingerprint density at radius 3 is 2.00 bits per heavy atom. The summed E-state index contributed by atoms with van der Waals surface area (Å²) in [6.45, 7) is 5.41. The van der Waals surface area contributed by atoms with E-state index in [0.717, 1.165) is 0 Å². The average Bonchev–Trinajstić information content (AvgIpc) is 2.63. The van der Waals surface area contributed by atoms with Gasteiger partial charge in [-0.05, 0) is 0 Å². The van der Waals surface area contributed by atoms with Crippen LogP contribution in [0.3, 0.4) is 0 Å². The minimum atomic E-state index is -0.595. The van der Waals surface area contributed by atoms with Gasteiger partial charge in [-0.3, -0.25) is 0 Å². The summed E-state index contributed by atoms with van der Waals surface area (Å²) in [4.78, 5) is 0. The van der Waals surface area contributed by atoms with Crippen molar-refractivity contribution in [2.24, 2.45) is 17.8 Å². The van der Waals surface area contributed by atoms with Gasteiger partial charge in [0.1, 0.15) is 4.33 Å². The molecule has 0 radical (unpaired) electrons. The molecule has 2 aliphatic rings. The Bertz CT molecular complexity index is 186. The molecule has 76 valence electrons. The van der Waals surface area contributed by atoms with Gasteiger partial charge in [0.05, 0.1) is 13.2 Å². The van der Waals surface area contributed by atoms with Crippen molar-refractivity contribution in [2.75, 3.05) is 13.2 Å². The highest BCUT2D eigenvalue weighted by atomic mass is 35.5. The summed E-state index contributed by atoms with van der Waals surface area (Å²) in [6, 6.07) is 0. The normalized spacial score (nSPS) is 42.7. The summed E-state index contributed by atoms with van der Waals surface area (Å²) in [7, 11) is 0. The third-order valence-corrected chi connectivity index (χ3v) is 3.91. The number of rotatable bonds is 1. The molecule has 0 amide bonds. The Morgan fingerprint density at radius 2 is 1.62 bits per heavy atom. The minimum Gasteiger partial charge on any atom is -0.352 e. The molecule has 2 atom stereocenters. The van der Waals surface area contributed by atoms with Gasteiger partial charge < -0.3 is 9.47 Å². The Morgan fingerprint density at radius 1 is 1.15 bits per heavy atom. The van der Waals surface area contributed by atoms with E-state index in [9.17, 15) is 0 Å². The zero-order valence-corrected chi connectivity index (χ0v) is 9.31. The van der Waals surface area contributed by atoms with E-state index >= 15 is 0 Å². The van der Waals surface area contributed by atoms with Crippen molar-refractivity contribution in [3.63, 3.8) is 0 Å². The fraction of sp³-hybridized carbons (Fsp3) is 1.00. The first-order valence-corrected chi connectivity index (χ1v) is 5.40. The second kappa shape index (κ2) is 3.27. The summed E-state index contributed by atoms with van der Waals surface area (Å²) in [5.41, 5.74) is 0. The Labute approximate surface area is 88.5 Å². The maximum Gasteiger partial charge on any atom is 0.159 e. The Balaban J connectivity index is 1.92. The third-order valence-electron chi connectivity index (χ3n) is 2.79. The van der Waals surface area contributed by atoms with Crippen LogP contribution in [0, 0.1) is 17.8 Å². The molecule has 2 fully saturated rings. The summed E-state index contributed by atoms with van der Waals surface area (Å²) in [6.07, 6.45) is -0.0862. The highest BCUT2D eigenvalue weighted by Gasteiger charge is 2.64. The average molecular weight is 225 g/mol. The van der Waals surface area contributed by atoms with Crippen LogP contribution in [0.15, 0.2) is 0 Å². The first kappa shape index (κ1) is 10.0. The zero-order valence-electron chi connectivity index (χ0n) is 7.80. The molecule has 1 heterocycles. The quantitative estimate of drug-likeness (QED) is 0.638. The van der Waals surface area contributed by atoms with Crippen LogP contribution < -0.4 is 0 Å². The van der Waals surface area contributed by atoms with Gasteiger partial charge in [0.25, 0.3) is 0 Å². The fourth-order valence-corrected chi connectivity index (χ4v) is 2.48. The van der Waals surface area contributed by atoms with Crippen LogP contribution in [0.4, 0.5) is 0 Å².